The summed E-state index contributed by atoms with van der Waals surface area (Å²) in [5, 5.41) is 4.78. The smallest absolute Gasteiger partial charge is 0.230 e. The van der Waals surface area contributed by atoms with Gasteiger partial charge in [0.2, 0.25) is 5.91 Å². The van der Waals surface area contributed by atoms with Crippen LogP contribution in [0.1, 0.15) is 23.3 Å². The first-order chi connectivity index (χ1) is 11.5. The number of hydrogen-bond donors (Lipinski definition) is 1. The molecule has 1 saturated heterocycles. The Hall–Kier alpha value is -1.19. The first-order valence-electron chi connectivity index (χ1n) is 7.90. The van der Waals surface area contributed by atoms with Crippen LogP contribution in [0.25, 0.3) is 10.2 Å². The summed E-state index contributed by atoms with van der Waals surface area (Å²) < 4.78 is 22.9. The highest BCUT2D eigenvalue weighted by molar-refractivity contribution is 8.00. The number of nitrogens with one attached hydrogen (secondary N) is 1. The molecule has 0 saturated carbocycles. The molecule has 0 unspecified atom stereocenters. The summed E-state index contributed by atoms with van der Waals surface area (Å²) in [6, 6.07) is -0.251. The van der Waals surface area contributed by atoms with Gasteiger partial charge in [0.25, 0.3) is 0 Å². The predicted octanol–water partition coefficient (Wildman–Crippen LogP) is 1.58. The molecule has 24 heavy (non-hydrogen) atoms. The maximum atomic E-state index is 12.1. The van der Waals surface area contributed by atoms with E-state index in [1.165, 1.54) is 28.6 Å². The fourth-order valence-corrected chi connectivity index (χ4v) is 7.13. The molecule has 0 aromatic carbocycles. The number of thioether (sulfide) groups is 1. The maximum Gasteiger partial charge on any atom is 0.230 e. The number of sulfone groups is 1. The molecule has 128 valence electrons. The summed E-state index contributed by atoms with van der Waals surface area (Å²) in [7, 11) is -2.98. The Morgan fingerprint density at radius 3 is 3.04 bits per heavy atom. The topological polar surface area (TPSA) is 89.0 Å². The zero-order valence-electron chi connectivity index (χ0n) is 12.9. The standard InChI is InChI=1S/C15H17N3O3S3/c19-12(18-9-4-5-24(20,21)7-9)6-22-14-13-10-2-1-3-11(10)23-15(13)17-8-16-14/h8-9H,1-7H2,(H,18,19)/t9-/m1/s1. The molecule has 2 aromatic rings. The average molecular weight is 384 g/mol. The number of nitrogens with zero attached hydrogens (tertiary/aromatic N) is 2. The van der Waals surface area contributed by atoms with Crippen molar-refractivity contribution in [2.24, 2.45) is 0 Å². The summed E-state index contributed by atoms with van der Waals surface area (Å²) in [4.78, 5) is 23.2. The minimum Gasteiger partial charge on any atom is -0.352 e. The highest BCUT2D eigenvalue weighted by Gasteiger charge is 2.29. The van der Waals surface area contributed by atoms with Gasteiger partial charge in [0.15, 0.2) is 9.84 Å². The molecule has 2 aromatic heterocycles. The van der Waals surface area contributed by atoms with E-state index in [-0.39, 0.29) is 29.2 Å². The van der Waals surface area contributed by atoms with Crippen LogP contribution in [0.4, 0.5) is 0 Å². The second-order valence-electron chi connectivity index (χ2n) is 6.17. The SMILES string of the molecule is O=C(CSc1ncnc2sc3c(c12)CCC3)N[C@@H]1CCS(=O)(=O)C1. The van der Waals surface area contributed by atoms with Gasteiger partial charge in [-0.25, -0.2) is 18.4 Å². The third kappa shape index (κ3) is 3.16. The molecule has 1 fully saturated rings. The minimum atomic E-state index is -2.98. The van der Waals surface area contributed by atoms with E-state index in [1.807, 2.05) is 0 Å². The Balaban J connectivity index is 1.44. The van der Waals surface area contributed by atoms with E-state index in [9.17, 15) is 13.2 Å². The highest BCUT2D eigenvalue weighted by Crippen LogP contribution is 2.39. The lowest BCUT2D eigenvalue weighted by atomic mass is 10.2. The number of rotatable bonds is 4. The van der Waals surface area contributed by atoms with Crippen molar-refractivity contribution in [2.45, 2.75) is 36.8 Å². The number of amides is 1. The molecular weight excluding hydrogens is 366 g/mol. The molecule has 9 heteroatoms. The second-order valence-corrected chi connectivity index (χ2v) is 10.4. The van der Waals surface area contributed by atoms with Crippen molar-refractivity contribution in [1.29, 1.82) is 0 Å². The number of carbonyl (C=O) groups is 1. The molecule has 4 rings (SSSR count). The van der Waals surface area contributed by atoms with Crippen molar-refractivity contribution >= 4 is 49.1 Å². The normalized spacial score (nSPS) is 21.9. The summed E-state index contributed by atoms with van der Waals surface area (Å²) in [6.45, 7) is 0. The second kappa shape index (κ2) is 6.27. The van der Waals surface area contributed by atoms with Crippen LogP contribution in [0.3, 0.4) is 0 Å². The monoisotopic (exact) mass is 383 g/mol. The van der Waals surface area contributed by atoms with Crippen LogP contribution in [0.15, 0.2) is 11.4 Å². The Labute approximate surface area is 148 Å². The predicted molar refractivity (Wildman–Crippen MR) is 95.4 cm³/mol. The van der Waals surface area contributed by atoms with Crippen LogP contribution in [-0.2, 0) is 27.5 Å². The third-order valence-electron chi connectivity index (χ3n) is 4.40. The van der Waals surface area contributed by atoms with E-state index in [2.05, 4.69) is 15.3 Å². The number of aryl methyl sites for hydroxylation is 2. The van der Waals surface area contributed by atoms with Gasteiger partial charge in [-0.05, 0) is 31.2 Å². The van der Waals surface area contributed by atoms with Crippen LogP contribution in [0.5, 0.6) is 0 Å². The quantitative estimate of drug-likeness (QED) is 0.637. The average Bonchev–Trinajstić information content (AvgIpc) is 3.19. The molecule has 1 N–H and O–H groups in total. The molecule has 6 nitrogen and oxygen atoms in total. The van der Waals surface area contributed by atoms with Crippen molar-refractivity contribution in [1.82, 2.24) is 15.3 Å². The van der Waals surface area contributed by atoms with Crippen LogP contribution in [-0.4, -0.2) is 47.6 Å². The lowest BCUT2D eigenvalue weighted by Gasteiger charge is -2.10. The van der Waals surface area contributed by atoms with Gasteiger partial charge < -0.3 is 5.32 Å². The van der Waals surface area contributed by atoms with Gasteiger partial charge in [0.1, 0.15) is 16.2 Å². The highest BCUT2D eigenvalue weighted by atomic mass is 32.2. The van der Waals surface area contributed by atoms with E-state index in [4.69, 9.17) is 0 Å². The van der Waals surface area contributed by atoms with Gasteiger partial charge in [-0.15, -0.1) is 11.3 Å². The summed E-state index contributed by atoms with van der Waals surface area (Å²) in [5.74, 6) is 0.325. The summed E-state index contributed by atoms with van der Waals surface area (Å²) in [6.07, 6.45) is 5.40. The fourth-order valence-electron chi connectivity index (χ4n) is 3.32. The molecular formula is C15H17N3O3S3. The number of aromatic nitrogens is 2. The zero-order chi connectivity index (χ0) is 16.7. The zero-order valence-corrected chi connectivity index (χ0v) is 15.4. The Morgan fingerprint density at radius 2 is 2.25 bits per heavy atom. The van der Waals surface area contributed by atoms with Crippen molar-refractivity contribution in [2.75, 3.05) is 17.3 Å². The summed E-state index contributed by atoms with van der Waals surface area (Å²) in [5.41, 5.74) is 1.35. The molecule has 1 aliphatic heterocycles. The Bertz CT molecular complexity index is 907. The van der Waals surface area contributed by atoms with Crippen LogP contribution in [0, 0.1) is 0 Å². The number of carbonyl (C=O) groups excluding carboxylic acids is 1. The van der Waals surface area contributed by atoms with E-state index in [0.29, 0.717) is 6.42 Å². The van der Waals surface area contributed by atoms with E-state index in [1.54, 1.807) is 17.7 Å². The molecule has 3 heterocycles. The Morgan fingerprint density at radius 1 is 1.38 bits per heavy atom. The number of thiophene rings is 1. The van der Waals surface area contributed by atoms with E-state index in [0.717, 1.165) is 28.1 Å². The van der Waals surface area contributed by atoms with Crippen molar-refractivity contribution in [3.63, 3.8) is 0 Å². The van der Waals surface area contributed by atoms with Crippen molar-refractivity contribution < 1.29 is 13.2 Å². The van der Waals surface area contributed by atoms with Gasteiger partial charge in [0, 0.05) is 16.3 Å². The molecule has 0 spiro atoms. The largest absolute Gasteiger partial charge is 0.352 e. The summed E-state index contributed by atoms with van der Waals surface area (Å²) >= 11 is 3.14. The van der Waals surface area contributed by atoms with Gasteiger partial charge >= 0.3 is 0 Å². The minimum absolute atomic E-state index is 0.0548. The first-order valence-corrected chi connectivity index (χ1v) is 11.5. The molecule has 0 radical (unpaired) electrons. The molecule has 1 aliphatic carbocycles. The number of fused-ring (bicyclic) bond motifs is 3. The van der Waals surface area contributed by atoms with Crippen LogP contribution in [0.2, 0.25) is 0 Å². The van der Waals surface area contributed by atoms with Crippen molar-refractivity contribution in [3.05, 3.63) is 16.8 Å². The van der Waals surface area contributed by atoms with Crippen LogP contribution < -0.4 is 5.32 Å². The molecule has 1 amide bonds. The maximum absolute atomic E-state index is 12.1. The molecule has 2 aliphatic rings. The Kier molecular flexibility index (Phi) is 4.26. The number of hydrogen-bond acceptors (Lipinski definition) is 7. The third-order valence-corrected chi connectivity index (χ3v) is 8.36. The lowest BCUT2D eigenvalue weighted by Crippen LogP contribution is -2.36. The van der Waals surface area contributed by atoms with Crippen LogP contribution >= 0.6 is 23.1 Å². The van der Waals surface area contributed by atoms with Gasteiger partial charge in [-0.1, -0.05) is 11.8 Å². The van der Waals surface area contributed by atoms with E-state index < -0.39 is 9.84 Å². The van der Waals surface area contributed by atoms with E-state index >= 15 is 0 Å². The van der Waals surface area contributed by atoms with Crippen molar-refractivity contribution in [3.8, 4) is 0 Å². The van der Waals surface area contributed by atoms with Gasteiger partial charge in [-0.3, -0.25) is 4.79 Å². The molecule has 1 atom stereocenters. The first kappa shape index (κ1) is 16.3. The van der Waals surface area contributed by atoms with Gasteiger partial charge in [0.05, 0.1) is 17.3 Å². The lowest BCUT2D eigenvalue weighted by molar-refractivity contribution is -0.119. The fraction of sp³-hybridized carbons (Fsp3) is 0.533. The molecule has 0 bridgehead atoms. The van der Waals surface area contributed by atoms with Gasteiger partial charge in [-0.2, -0.15) is 0 Å².